The highest BCUT2D eigenvalue weighted by molar-refractivity contribution is 5.93. The van der Waals surface area contributed by atoms with Gasteiger partial charge in [-0.2, -0.15) is 0 Å². The Bertz CT molecular complexity index is 1120. The minimum atomic E-state index is -0.424. The van der Waals surface area contributed by atoms with Gasteiger partial charge in [0.2, 0.25) is 5.91 Å². The van der Waals surface area contributed by atoms with Crippen LogP contribution >= 0.6 is 0 Å². The topological polar surface area (TPSA) is 76.0 Å². The summed E-state index contributed by atoms with van der Waals surface area (Å²) in [6, 6.07) is 18.4. The van der Waals surface area contributed by atoms with Gasteiger partial charge < -0.3 is 29.2 Å². The van der Waals surface area contributed by atoms with Gasteiger partial charge in [-0.3, -0.25) is 4.79 Å². The van der Waals surface area contributed by atoms with Crippen molar-refractivity contribution < 1.29 is 19.1 Å². The quantitative estimate of drug-likeness (QED) is 0.419. The number of anilines is 1. The number of carbonyl (C=O) groups excluding carboxylic acids is 2. The van der Waals surface area contributed by atoms with E-state index in [1.165, 1.54) is 19.1 Å². The van der Waals surface area contributed by atoms with E-state index in [-0.39, 0.29) is 19.0 Å². The number of aryl methyl sites for hydroxylation is 1. The van der Waals surface area contributed by atoms with Crippen LogP contribution in [0, 0.1) is 0 Å². The number of urea groups is 1. The minimum Gasteiger partial charge on any atom is -0.497 e. The van der Waals surface area contributed by atoms with E-state index < -0.39 is 6.03 Å². The molecule has 0 atom stereocenters. The molecule has 3 amide bonds. The Hall–Kier alpha value is -4.20. The summed E-state index contributed by atoms with van der Waals surface area (Å²) in [5.74, 6) is 0.917. The van der Waals surface area contributed by atoms with Crippen LogP contribution in [0.5, 0.6) is 11.5 Å². The third-order valence-electron chi connectivity index (χ3n) is 5.54. The molecule has 8 heteroatoms. The van der Waals surface area contributed by atoms with Gasteiger partial charge in [-0.15, -0.1) is 6.58 Å². The molecule has 0 spiro atoms. The molecule has 2 aromatic carbocycles. The summed E-state index contributed by atoms with van der Waals surface area (Å²) in [6.45, 7) is 4.71. The van der Waals surface area contributed by atoms with Gasteiger partial charge in [0.25, 0.3) is 0 Å². The Balaban J connectivity index is 1.77. The molecule has 0 aliphatic heterocycles. The van der Waals surface area contributed by atoms with Crippen molar-refractivity contribution in [3.05, 3.63) is 90.8 Å². The van der Waals surface area contributed by atoms with Gasteiger partial charge in [-0.25, -0.2) is 4.79 Å². The van der Waals surface area contributed by atoms with Gasteiger partial charge in [-0.05, 0) is 17.7 Å². The zero-order valence-electron chi connectivity index (χ0n) is 20.4. The number of hydrogen-bond donors (Lipinski definition) is 1. The third kappa shape index (κ3) is 7.14. The van der Waals surface area contributed by atoms with E-state index in [0.717, 1.165) is 11.3 Å². The fourth-order valence-electron chi connectivity index (χ4n) is 3.61. The number of hydrogen-bond acceptors (Lipinski definition) is 4. The fourth-order valence-corrected chi connectivity index (χ4v) is 3.61. The van der Waals surface area contributed by atoms with E-state index in [4.69, 9.17) is 9.47 Å². The first-order chi connectivity index (χ1) is 16.9. The van der Waals surface area contributed by atoms with Crippen LogP contribution in [0.25, 0.3) is 0 Å². The van der Waals surface area contributed by atoms with Crippen molar-refractivity contribution in [1.82, 2.24) is 14.4 Å². The van der Waals surface area contributed by atoms with E-state index in [1.807, 2.05) is 60.3 Å². The molecule has 1 aromatic heterocycles. The summed E-state index contributed by atoms with van der Waals surface area (Å²) in [5, 5.41) is 2.83. The lowest BCUT2D eigenvalue weighted by Crippen LogP contribution is -2.44. The Morgan fingerprint density at radius 2 is 1.66 bits per heavy atom. The van der Waals surface area contributed by atoms with Crippen LogP contribution in [0.1, 0.15) is 11.3 Å². The highest BCUT2D eigenvalue weighted by Crippen LogP contribution is 2.26. The van der Waals surface area contributed by atoms with E-state index >= 15 is 0 Å². The standard InChI is InChI=1S/C27H32N4O4/c1-5-13-30(27(33)28-22-15-24(34-3)17-25(16-22)35-4)20-26(32)31(18-21-10-7-6-8-11-21)19-23-12-9-14-29(23)2/h5-12,14-17H,1,13,18-20H2,2-4H3,(H,28,33). The molecular formula is C27H32N4O4. The van der Waals surface area contributed by atoms with Crippen LogP contribution in [0.4, 0.5) is 10.5 Å². The molecule has 0 radical (unpaired) electrons. The summed E-state index contributed by atoms with van der Waals surface area (Å²) in [6.07, 6.45) is 3.54. The van der Waals surface area contributed by atoms with E-state index in [2.05, 4.69) is 11.9 Å². The van der Waals surface area contributed by atoms with Crippen molar-refractivity contribution in [2.24, 2.45) is 7.05 Å². The summed E-state index contributed by atoms with van der Waals surface area (Å²) in [5.41, 5.74) is 2.51. The zero-order valence-corrected chi connectivity index (χ0v) is 20.4. The Labute approximate surface area is 206 Å². The van der Waals surface area contributed by atoms with Crippen LogP contribution < -0.4 is 14.8 Å². The van der Waals surface area contributed by atoms with E-state index in [0.29, 0.717) is 30.3 Å². The molecular weight excluding hydrogens is 444 g/mol. The number of nitrogens with one attached hydrogen (secondary N) is 1. The molecule has 35 heavy (non-hydrogen) atoms. The first-order valence-electron chi connectivity index (χ1n) is 11.2. The van der Waals surface area contributed by atoms with Crippen molar-refractivity contribution in [1.29, 1.82) is 0 Å². The SMILES string of the molecule is C=CCN(CC(=O)N(Cc1ccccc1)Cc1cccn1C)C(=O)Nc1cc(OC)cc(OC)c1. The zero-order chi connectivity index (χ0) is 25.2. The molecule has 184 valence electrons. The number of ether oxygens (including phenoxy) is 2. The molecule has 0 aliphatic carbocycles. The second-order valence-corrected chi connectivity index (χ2v) is 8.05. The second kappa shape index (κ2) is 12.3. The average Bonchev–Trinajstić information content (AvgIpc) is 3.27. The molecule has 0 saturated heterocycles. The summed E-state index contributed by atoms with van der Waals surface area (Å²) in [7, 11) is 5.02. The number of aromatic nitrogens is 1. The molecule has 3 aromatic rings. The van der Waals surface area contributed by atoms with Crippen molar-refractivity contribution in [3.63, 3.8) is 0 Å². The van der Waals surface area contributed by atoms with Crippen molar-refractivity contribution in [3.8, 4) is 11.5 Å². The van der Waals surface area contributed by atoms with E-state index in [9.17, 15) is 9.59 Å². The van der Waals surface area contributed by atoms with Crippen LogP contribution in [0.3, 0.4) is 0 Å². The van der Waals surface area contributed by atoms with Crippen molar-refractivity contribution >= 4 is 17.6 Å². The van der Waals surface area contributed by atoms with Crippen LogP contribution in [0.2, 0.25) is 0 Å². The number of rotatable bonds is 11. The molecule has 1 N–H and O–H groups in total. The number of benzene rings is 2. The van der Waals surface area contributed by atoms with Gasteiger partial charge >= 0.3 is 6.03 Å². The molecule has 0 aliphatic rings. The van der Waals surface area contributed by atoms with Crippen molar-refractivity contribution in [2.75, 3.05) is 32.6 Å². The number of amides is 3. The number of methoxy groups -OCH3 is 2. The van der Waals surface area contributed by atoms with Crippen LogP contribution in [-0.4, -0.2) is 53.6 Å². The Morgan fingerprint density at radius 1 is 0.971 bits per heavy atom. The Morgan fingerprint density at radius 3 is 2.23 bits per heavy atom. The highest BCUT2D eigenvalue weighted by Gasteiger charge is 2.22. The van der Waals surface area contributed by atoms with Gasteiger partial charge in [0, 0.05) is 55.9 Å². The van der Waals surface area contributed by atoms with Crippen molar-refractivity contribution in [2.45, 2.75) is 13.1 Å². The molecule has 3 rings (SSSR count). The number of carbonyl (C=O) groups is 2. The lowest BCUT2D eigenvalue weighted by atomic mass is 10.2. The predicted octanol–water partition coefficient (Wildman–Crippen LogP) is 4.29. The number of nitrogens with zero attached hydrogens (tertiary/aromatic N) is 3. The van der Waals surface area contributed by atoms with Crippen LogP contribution in [0.15, 0.2) is 79.5 Å². The lowest BCUT2D eigenvalue weighted by molar-refractivity contribution is -0.133. The van der Waals surface area contributed by atoms with Gasteiger partial charge in [0.1, 0.15) is 18.0 Å². The van der Waals surface area contributed by atoms with Gasteiger partial charge in [-0.1, -0.05) is 36.4 Å². The van der Waals surface area contributed by atoms with Gasteiger partial charge in [0.05, 0.1) is 20.8 Å². The molecule has 0 fully saturated rings. The maximum atomic E-state index is 13.4. The highest BCUT2D eigenvalue weighted by atomic mass is 16.5. The minimum absolute atomic E-state index is 0.101. The molecule has 0 saturated carbocycles. The monoisotopic (exact) mass is 476 g/mol. The molecule has 8 nitrogen and oxygen atoms in total. The normalized spacial score (nSPS) is 10.4. The molecule has 0 unspecified atom stereocenters. The smallest absolute Gasteiger partial charge is 0.322 e. The summed E-state index contributed by atoms with van der Waals surface area (Å²) < 4.78 is 12.5. The third-order valence-corrected chi connectivity index (χ3v) is 5.54. The molecule has 1 heterocycles. The Kier molecular flexibility index (Phi) is 8.95. The average molecular weight is 477 g/mol. The maximum Gasteiger partial charge on any atom is 0.322 e. The predicted molar refractivity (Wildman–Crippen MR) is 136 cm³/mol. The maximum absolute atomic E-state index is 13.4. The largest absolute Gasteiger partial charge is 0.497 e. The first-order valence-corrected chi connectivity index (χ1v) is 11.2. The summed E-state index contributed by atoms with van der Waals surface area (Å²) >= 11 is 0. The first kappa shape index (κ1) is 25.4. The lowest BCUT2D eigenvalue weighted by Gasteiger charge is -2.27. The fraction of sp³-hybridized carbons (Fsp3) is 0.259. The van der Waals surface area contributed by atoms with E-state index in [1.54, 1.807) is 29.2 Å². The summed E-state index contributed by atoms with van der Waals surface area (Å²) in [4.78, 5) is 29.7. The second-order valence-electron chi connectivity index (χ2n) is 8.05. The van der Waals surface area contributed by atoms with Gasteiger partial charge in [0.15, 0.2) is 0 Å². The van der Waals surface area contributed by atoms with Crippen LogP contribution in [-0.2, 0) is 24.9 Å². The molecule has 0 bridgehead atoms.